The van der Waals surface area contributed by atoms with Gasteiger partial charge in [0.15, 0.2) is 0 Å². The number of benzene rings is 1. The van der Waals surface area contributed by atoms with Crippen LogP contribution in [0.3, 0.4) is 0 Å². The molecule has 0 spiro atoms. The predicted octanol–water partition coefficient (Wildman–Crippen LogP) is 2.47. The van der Waals surface area contributed by atoms with Gasteiger partial charge in [-0.25, -0.2) is 9.59 Å². The first kappa shape index (κ1) is 23.7. The number of nitrogens with zero attached hydrogens (tertiary/aromatic N) is 2. The van der Waals surface area contributed by atoms with E-state index in [2.05, 4.69) is 21.9 Å². The lowest BCUT2D eigenvalue weighted by Crippen LogP contribution is -2.44. The molecule has 0 aromatic heterocycles. The molecule has 166 valence electrons. The molecule has 0 bridgehead atoms. The number of hydrogen-bond donors (Lipinski definition) is 2. The molecule has 2 aliphatic rings. The highest BCUT2D eigenvalue weighted by Gasteiger charge is 2.29. The normalized spacial score (nSPS) is 19.8. The second-order valence-electron chi connectivity index (χ2n) is 7.78. The Morgan fingerprint density at radius 1 is 1.00 bits per heavy atom. The van der Waals surface area contributed by atoms with Crippen molar-refractivity contribution in [1.82, 2.24) is 9.80 Å². The minimum Gasteiger partial charge on any atom is -0.497 e. The average molecular weight is 421 g/mol. The number of rotatable bonds is 4. The minimum absolute atomic E-state index is 0.183. The van der Waals surface area contributed by atoms with Crippen LogP contribution in [0.2, 0.25) is 0 Å². The maximum atomic E-state index is 12.9. The molecule has 2 heterocycles. The Bertz CT molecular complexity index is 703. The Kier molecular flexibility index (Phi) is 9.60. The molecule has 0 saturated carbocycles. The zero-order valence-corrected chi connectivity index (χ0v) is 17.6. The van der Waals surface area contributed by atoms with E-state index in [-0.39, 0.29) is 5.92 Å². The number of carbonyl (C=O) groups is 3. The summed E-state index contributed by atoms with van der Waals surface area (Å²) < 4.78 is 5.32. The lowest BCUT2D eigenvalue weighted by molar-refractivity contribution is -0.159. The maximum absolute atomic E-state index is 12.9. The number of hydrogen-bond acceptors (Lipinski definition) is 5. The van der Waals surface area contributed by atoms with E-state index < -0.39 is 11.9 Å². The number of amides is 1. The Morgan fingerprint density at radius 2 is 1.67 bits per heavy atom. The van der Waals surface area contributed by atoms with Crippen molar-refractivity contribution in [2.45, 2.75) is 45.1 Å². The molecule has 1 aromatic carbocycles. The first-order valence-corrected chi connectivity index (χ1v) is 10.5. The van der Waals surface area contributed by atoms with Crippen molar-refractivity contribution in [3.8, 4) is 5.75 Å². The average Bonchev–Trinajstić information content (AvgIpc) is 3.03. The number of ether oxygens (including phenoxy) is 1. The van der Waals surface area contributed by atoms with Crippen LogP contribution in [-0.2, 0) is 20.9 Å². The SMILES string of the molecule is COc1cccc(CN2CCCC(C(=O)N3CCCCCC3)C2)c1.O=C(O)C(=O)O. The van der Waals surface area contributed by atoms with Crippen LogP contribution in [0.15, 0.2) is 24.3 Å². The van der Waals surface area contributed by atoms with Gasteiger partial charge in [-0.15, -0.1) is 0 Å². The summed E-state index contributed by atoms with van der Waals surface area (Å²) in [4.78, 5) is 35.6. The van der Waals surface area contributed by atoms with Crippen LogP contribution in [0.1, 0.15) is 44.1 Å². The van der Waals surface area contributed by atoms with E-state index in [1.807, 2.05) is 12.1 Å². The Balaban J connectivity index is 0.000000469. The van der Waals surface area contributed by atoms with Gasteiger partial charge in [0, 0.05) is 26.2 Å². The van der Waals surface area contributed by atoms with Gasteiger partial charge in [-0.05, 0) is 49.9 Å². The predicted molar refractivity (Wildman–Crippen MR) is 111 cm³/mol. The fourth-order valence-corrected chi connectivity index (χ4v) is 3.98. The fourth-order valence-electron chi connectivity index (χ4n) is 3.98. The molecule has 0 radical (unpaired) electrons. The number of carbonyl (C=O) groups excluding carboxylic acids is 1. The third-order valence-electron chi connectivity index (χ3n) is 5.50. The fraction of sp³-hybridized carbons (Fsp3) is 0.591. The molecule has 2 saturated heterocycles. The smallest absolute Gasteiger partial charge is 0.414 e. The molecule has 30 heavy (non-hydrogen) atoms. The van der Waals surface area contributed by atoms with Crippen LogP contribution in [0.4, 0.5) is 0 Å². The summed E-state index contributed by atoms with van der Waals surface area (Å²) in [7, 11) is 1.70. The van der Waals surface area contributed by atoms with Gasteiger partial charge < -0.3 is 19.8 Å². The van der Waals surface area contributed by atoms with Crippen molar-refractivity contribution < 1.29 is 29.3 Å². The quantitative estimate of drug-likeness (QED) is 0.721. The van der Waals surface area contributed by atoms with E-state index in [0.29, 0.717) is 5.91 Å². The number of carboxylic acid groups (broad SMARTS) is 2. The summed E-state index contributed by atoms with van der Waals surface area (Å²) in [6.45, 7) is 4.81. The van der Waals surface area contributed by atoms with Crippen molar-refractivity contribution in [1.29, 1.82) is 0 Å². The van der Waals surface area contributed by atoms with Gasteiger partial charge in [0.1, 0.15) is 5.75 Å². The van der Waals surface area contributed by atoms with Crippen LogP contribution >= 0.6 is 0 Å². The Labute approximate surface area is 177 Å². The molecule has 8 heteroatoms. The third kappa shape index (κ3) is 7.67. The third-order valence-corrected chi connectivity index (χ3v) is 5.50. The standard InChI is InChI=1S/C20H30N2O2.C2H2O4/c1-24-19-10-6-8-17(14-19)15-21-11-7-9-18(16-21)20(23)22-12-4-2-3-5-13-22;3-1(4)2(5)6/h6,8,10,14,18H,2-5,7,9,11-13,15-16H2,1H3;(H,3,4)(H,5,6). The van der Waals surface area contributed by atoms with E-state index in [1.54, 1.807) is 7.11 Å². The van der Waals surface area contributed by atoms with Gasteiger partial charge in [-0.1, -0.05) is 25.0 Å². The van der Waals surface area contributed by atoms with Crippen molar-refractivity contribution in [2.24, 2.45) is 5.92 Å². The van der Waals surface area contributed by atoms with E-state index in [0.717, 1.165) is 51.3 Å². The Hall–Kier alpha value is -2.61. The first-order chi connectivity index (χ1) is 14.4. The molecule has 8 nitrogen and oxygen atoms in total. The highest BCUT2D eigenvalue weighted by Crippen LogP contribution is 2.23. The van der Waals surface area contributed by atoms with Crippen LogP contribution in [0, 0.1) is 5.92 Å². The topological polar surface area (TPSA) is 107 Å². The molecule has 2 fully saturated rings. The number of piperidine rings is 1. The van der Waals surface area contributed by atoms with Gasteiger partial charge in [0.25, 0.3) is 0 Å². The monoisotopic (exact) mass is 420 g/mol. The van der Waals surface area contributed by atoms with Crippen molar-refractivity contribution in [3.05, 3.63) is 29.8 Å². The first-order valence-electron chi connectivity index (χ1n) is 10.5. The number of likely N-dealkylation sites (tertiary alicyclic amines) is 2. The van der Waals surface area contributed by atoms with Gasteiger partial charge in [-0.2, -0.15) is 0 Å². The Morgan fingerprint density at radius 3 is 2.27 bits per heavy atom. The minimum atomic E-state index is -1.82. The van der Waals surface area contributed by atoms with Crippen molar-refractivity contribution in [3.63, 3.8) is 0 Å². The molecule has 3 rings (SSSR count). The lowest BCUT2D eigenvalue weighted by Gasteiger charge is -2.34. The maximum Gasteiger partial charge on any atom is 0.414 e. The second kappa shape index (κ2) is 12.2. The largest absolute Gasteiger partial charge is 0.497 e. The number of aliphatic carboxylic acids is 2. The molecule has 0 aliphatic carbocycles. The summed E-state index contributed by atoms with van der Waals surface area (Å²) >= 11 is 0. The van der Waals surface area contributed by atoms with E-state index >= 15 is 0 Å². The molecular formula is C22H32N2O6. The summed E-state index contributed by atoms with van der Waals surface area (Å²) in [6, 6.07) is 8.26. The molecule has 1 amide bonds. The van der Waals surface area contributed by atoms with Crippen LogP contribution < -0.4 is 4.74 Å². The van der Waals surface area contributed by atoms with Crippen molar-refractivity contribution in [2.75, 3.05) is 33.3 Å². The van der Waals surface area contributed by atoms with Crippen LogP contribution in [0.5, 0.6) is 5.75 Å². The van der Waals surface area contributed by atoms with Gasteiger partial charge in [0.2, 0.25) is 5.91 Å². The van der Waals surface area contributed by atoms with E-state index in [4.69, 9.17) is 24.5 Å². The van der Waals surface area contributed by atoms with Gasteiger partial charge in [-0.3, -0.25) is 9.69 Å². The second-order valence-corrected chi connectivity index (χ2v) is 7.78. The van der Waals surface area contributed by atoms with E-state index in [1.165, 1.54) is 31.2 Å². The summed E-state index contributed by atoms with van der Waals surface area (Å²) in [6.07, 6.45) is 7.06. The molecule has 2 N–H and O–H groups in total. The zero-order chi connectivity index (χ0) is 21.9. The summed E-state index contributed by atoms with van der Waals surface area (Å²) in [5.74, 6) is -2.17. The van der Waals surface area contributed by atoms with E-state index in [9.17, 15) is 4.79 Å². The number of methoxy groups -OCH3 is 1. The molecule has 2 aliphatic heterocycles. The highest BCUT2D eigenvalue weighted by atomic mass is 16.5. The molecule has 1 unspecified atom stereocenters. The molecular weight excluding hydrogens is 388 g/mol. The highest BCUT2D eigenvalue weighted by molar-refractivity contribution is 6.27. The summed E-state index contributed by atoms with van der Waals surface area (Å²) in [5.41, 5.74) is 1.26. The zero-order valence-electron chi connectivity index (χ0n) is 17.6. The van der Waals surface area contributed by atoms with Gasteiger partial charge >= 0.3 is 11.9 Å². The summed E-state index contributed by atoms with van der Waals surface area (Å²) in [5, 5.41) is 14.8. The van der Waals surface area contributed by atoms with Crippen molar-refractivity contribution >= 4 is 17.8 Å². The lowest BCUT2D eigenvalue weighted by atomic mass is 9.96. The van der Waals surface area contributed by atoms with Crippen LogP contribution in [0.25, 0.3) is 0 Å². The molecule has 1 atom stereocenters. The molecule has 1 aromatic rings. The van der Waals surface area contributed by atoms with Gasteiger partial charge in [0.05, 0.1) is 13.0 Å². The van der Waals surface area contributed by atoms with Crippen LogP contribution in [-0.4, -0.2) is 71.1 Å². The number of carboxylic acids is 2.